The van der Waals surface area contributed by atoms with Crippen LogP contribution in [0.3, 0.4) is 0 Å². The van der Waals surface area contributed by atoms with E-state index in [0.29, 0.717) is 12.8 Å². The second kappa shape index (κ2) is 10.1. The lowest BCUT2D eigenvalue weighted by molar-refractivity contribution is -0.194. The van der Waals surface area contributed by atoms with E-state index in [-0.39, 0.29) is 24.2 Å². The third-order valence-electron chi connectivity index (χ3n) is 7.16. The Morgan fingerprint density at radius 3 is 2.50 bits per heavy atom. The fourth-order valence-electron chi connectivity index (χ4n) is 5.48. The molecule has 7 atom stereocenters. The number of fused-ring (bicyclic) bond motifs is 3. The number of aldehydes is 1. The number of ether oxygens (including phenoxy) is 4. The minimum absolute atomic E-state index is 0.0499. The number of aliphatic hydroxyl groups excluding tert-OH is 1. The minimum atomic E-state index is -0.882. The number of carbonyl (C=O) groups is 5. The SMILES string of the molecule is C=C1C(=O)O[C@H]2[C@H]1[C@@H](OC(=O)C(=CCOC(C)=O)COC(C)=O)C[C@]1(C)[C@@H]2[C@H](C=O)CC[C@H]1O. The summed E-state index contributed by atoms with van der Waals surface area (Å²) in [6.45, 7) is 7.39. The van der Waals surface area contributed by atoms with E-state index in [4.69, 9.17) is 18.9 Å². The summed E-state index contributed by atoms with van der Waals surface area (Å²) < 4.78 is 21.1. The summed E-state index contributed by atoms with van der Waals surface area (Å²) in [5, 5.41) is 10.9. The Hall–Kier alpha value is -3.01. The molecule has 0 aromatic carbocycles. The molecule has 2 aliphatic carbocycles. The van der Waals surface area contributed by atoms with Gasteiger partial charge in [-0.15, -0.1) is 0 Å². The maximum absolute atomic E-state index is 13.0. The fraction of sp³-hybridized carbons (Fsp3) is 0.625. The van der Waals surface area contributed by atoms with E-state index in [0.717, 1.165) is 6.29 Å². The quantitative estimate of drug-likeness (QED) is 0.244. The number of esters is 4. The summed E-state index contributed by atoms with van der Waals surface area (Å²) in [5.41, 5.74) is -0.760. The molecule has 1 aliphatic heterocycles. The van der Waals surface area contributed by atoms with Gasteiger partial charge in [0.2, 0.25) is 0 Å². The van der Waals surface area contributed by atoms with Crippen LogP contribution in [0.4, 0.5) is 0 Å². The molecular weight excluding hydrogens is 448 g/mol. The van der Waals surface area contributed by atoms with Gasteiger partial charge in [0.05, 0.1) is 17.6 Å². The molecule has 3 aliphatic rings. The predicted octanol–water partition coefficient (Wildman–Crippen LogP) is 1.04. The van der Waals surface area contributed by atoms with Gasteiger partial charge in [0.25, 0.3) is 0 Å². The molecule has 3 fully saturated rings. The van der Waals surface area contributed by atoms with Crippen molar-refractivity contribution in [3.63, 3.8) is 0 Å². The van der Waals surface area contributed by atoms with E-state index in [1.165, 1.54) is 19.9 Å². The Morgan fingerprint density at radius 1 is 1.21 bits per heavy atom. The standard InChI is InChI=1S/C24H30O10/c1-12-19-17(33-23(30)16(11-32-14(3)27)7-8-31-13(2)26)9-24(4)18(28)6-5-15(10-25)20(24)21(19)34-22(12)29/h7,10,15,17-21,28H,1,5-6,8-9,11H2,2-4H3/t15-,17-,18+,19+,20+,21-,24-/m0/s1. The molecule has 3 rings (SSSR count). The number of carbonyl (C=O) groups excluding carboxylic acids is 5. The lowest BCUT2D eigenvalue weighted by Crippen LogP contribution is -2.60. The van der Waals surface area contributed by atoms with Gasteiger partial charge in [0.1, 0.15) is 31.7 Å². The van der Waals surface area contributed by atoms with Gasteiger partial charge in [-0.3, -0.25) is 9.59 Å². The zero-order valence-electron chi connectivity index (χ0n) is 19.5. The van der Waals surface area contributed by atoms with E-state index in [9.17, 15) is 29.1 Å². The van der Waals surface area contributed by atoms with Crippen LogP contribution in [0.15, 0.2) is 23.8 Å². The first-order valence-electron chi connectivity index (χ1n) is 11.2. The van der Waals surface area contributed by atoms with Crippen LogP contribution in [0.5, 0.6) is 0 Å². The van der Waals surface area contributed by atoms with Crippen LogP contribution in [0.2, 0.25) is 0 Å². The number of aliphatic hydroxyl groups is 1. The van der Waals surface area contributed by atoms with Crippen molar-refractivity contribution in [3.8, 4) is 0 Å². The normalized spacial score (nSPS) is 34.9. The maximum Gasteiger partial charge on any atom is 0.337 e. The molecule has 0 bridgehead atoms. The van der Waals surface area contributed by atoms with Crippen LogP contribution < -0.4 is 0 Å². The Morgan fingerprint density at radius 2 is 1.88 bits per heavy atom. The second-order valence-corrected chi connectivity index (χ2v) is 9.31. The van der Waals surface area contributed by atoms with Crippen LogP contribution in [-0.4, -0.2) is 66.8 Å². The highest BCUT2D eigenvalue weighted by Gasteiger charge is 2.63. The van der Waals surface area contributed by atoms with Gasteiger partial charge in [-0.2, -0.15) is 0 Å². The van der Waals surface area contributed by atoms with Crippen molar-refractivity contribution in [1.82, 2.24) is 0 Å². The molecular formula is C24H30O10. The monoisotopic (exact) mass is 478 g/mol. The number of hydrogen-bond donors (Lipinski definition) is 1. The van der Waals surface area contributed by atoms with Crippen molar-refractivity contribution in [2.75, 3.05) is 13.2 Å². The first kappa shape index (κ1) is 25.6. The van der Waals surface area contributed by atoms with Gasteiger partial charge >= 0.3 is 23.9 Å². The third kappa shape index (κ3) is 4.91. The van der Waals surface area contributed by atoms with E-state index < -0.39 is 72.0 Å². The molecule has 186 valence electrons. The Balaban J connectivity index is 1.89. The van der Waals surface area contributed by atoms with Gasteiger partial charge in [-0.05, 0) is 25.3 Å². The van der Waals surface area contributed by atoms with Gasteiger partial charge in [-0.1, -0.05) is 13.5 Å². The molecule has 0 spiro atoms. The first-order chi connectivity index (χ1) is 16.0. The van der Waals surface area contributed by atoms with E-state index in [1.54, 1.807) is 6.92 Å². The average Bonchev–Trinajstić information content (AvgIpc) is 3.05. The average molecular weight is 478 g/mol. The summed E-state index contributed by atoms with van der Waals surface area (Å²) in [6.07, 6.45) is 0.704. The van der Waals surface area contributed by atoms with Crippen LogP contribution in [0.25, 0.3) is 0 Å². The topological polar surface area (TPSA) is 142 Å². The molecule has 34 heavy (non-hydrogen) atoms. The van der Waals surface area contributed by atoms with Crippen molar-refractivity contribution in [3.05, 3.63) is 23.8 Å². The zero-order valence-corrected chi connectivity index (χ0v) is 19.5. The van der Waals surface area contributed by atoms with Crippen LogP contribution in [-0.2, 0) is 42.9 Å². The summed E-state index contributed by atoms with van der Waals surface area (Å²) in [7, 11) is 0. The Kier molecular flexibility index (Phi) is 7.60. The van der Waals surface area contributed by atoms with E-state index in [1.807, 2.05) is 0 Å². The number of rotatable bonds is 7. The highest BCUT2D eigenvalue weighted by Crippen LogP contribution is 2.58. The maximum atomic E-state index is 13.0. The van der Waals surface area contributed by atoms with Gasteiger partial charge in [0.15, 0.2) is 0 Å². The molecule has 10 nitrogen and oxygen atoms in total. The van der Waals surface area contributed by atoms with E-state index >= 15 is 0 Å². The predicted molar refractivity (Wildman–Crippen MR) is 115 cm³/mol. The lowest BCUT2D eigenvalue weighted by atomic mass is 9.51. The molecule has 2 saturated carbocycles. The molecule has 0 aromatic rings. The Labute approximate surface area is 197 Å². The van der Waals surface area contributed by atoms with Crippen molar-refractivity contribution >= 4 is 30.2 Å². The van der Waals surface area contributed by atoms with Crippen molar-refractivity contribution in [1.29, 1.82) is 0 Å². The molecule has 1 saturated heterocycles. The molecule has 1 N–H and O–H groups in total. The molecule has 10 heteroatoms. The third-order valence-corrected chi connectivity index (χ3v) is 7.16. The molecule has 0 radical (unpaired) electrons. The lowest BCUT2D eigenvalue weighted by Gasteiger charge is -2.55. The first-order valence-corrected chi connectivity index (χ1v) is 11.2. The van der Waals surface area contributed by atoms with Gasteiger partial charge < -0.3 is 28.8 Å². The van der Waals surface area contributed by atoms with Crippen molar-refractivity contribution < 1.29 is 48.0 Å². The highest BCUT2D eigenvalue weighted by molar-refractivity contribution is 5.92. The molecule has 0 amide bonds. The summed E-state index contributed by atoms with van der Waals surface area (Å²) in [4.78, 5) is 59.6. The van der Waals surface area contributed by atoms with Gasteiger partial charge in [0, 0.05) is 36.7 Å². The number of hydrogen-bond acceptors (Lipinski definition) is 10. The summed E-state index contributed by atoms with van der Waals surface area (Å²) >= 11 is 0. The van der Waals surface area contributed by atoms with E-state index in [2.05, 4.69) is 6.58 Å². The molecule has 0 unspecified atom stereocenters. The smallest absolute Gasteiger partial charge is 0.337 e. The Bertz CT molecular complexity index is 921. The minimum Gasteiger partial charge on any atom is -0.462 e. The highest BCUT2D eigenvalue weighted by atomic mass is 16.6. The zero-order chi connectivity index (χ0) is 25.2. The van der Waals surface area contributed by atoms with Crippen molar-refractivity contribution in [2.24, 2.45) is 23.2 Å². The van der Waals surface area contributed by atoms with Gasteiger partial charge in [-0.25, -0.2) is 9.59 Å². The fourth-order valence-corrected chi connectivity index (χ4v) is 5.48. The van der Waals surface area contributed by atoms with Crippen LogP contribution in [0.1, 0.15) is 40.0 Å². The molecule has 1 heterocycles. The van der Waals surface area contributed by atoms with Crippen molar-refractivity contribution in [2.45, 2.75) is 58.3 Å². The second-order valence-electron chi connectivity index (χ2n) is 9.31. The summed E-state index contributed by atoms with van der Waals surface area (Å²) in [6, 6.07) is 0. The van der Waals surface area contributed by atoms with Crippen LogP contribution >= 0.6 is 0 Å². The van der Waals surface area contributed by atoms with Crippen LogP contribution in [0, 0.1) is 23.2 Å². The summed E-state index contributed by atoms with van der Waals surface area (Å²) in [5.74, 6) is -4.19. The molecule has 0 aromatic heterocycles. The largest absolute Gasteiger partial charge is 0.462 e.